The van der Waals surface area contributed by atoms with Gasteiger partial charge in [-0.15, -0.1) is 0 Å². The molecule has 142 valence electrons. The lowest BCUT2D eigenvalue weighted by atomic mass is 10.2. The van der Waals surface area contributed by atoms with Crippen LogP contribution in [0.4, 0.5) is 5.95 Å². The third-order valence-electron chi connectivity index (χ3n) is 5.08. The van der Waals surface area contributed by atoms with E-state index >= 15 is 0 Å². The number of oxazole rings is 1. The molecule has 1 fully saturated rings. The van der Waals surface area contributed by atoms with Gasteiger partial charge in [-0.1, -0.05) is 19.1 Å². The lowest BCUT2D eigenvalue weighted by Gasteiger charge is -2.33. The number of hydrogen-bond donors (Lipinski definition) is 0. The molecule has 0 radical (unpaired) electrons. The summed E-state index contributed by atoms with van der Waals surface area (Å²) in [7, 11) is 0. The molecule has 0 unspecified atom stereocenters. The zero-order valence-corrected chi connectivity index (χ0v) is 15.5. The fraction of sp³-hybridized carbons (Fsp3) is 0.474. The Hall–Kier alpha value is -2.74. The van der Waals surface area contributed by atoms with Gasteiger partial charge in [0.15, 0.2) is 5.69 Å². The summed E-state index contributed by atoms with van der Waals surface area (Å²) in [6, 6.07) is 1.98. The third-order valence-corrected chi connectivity index (χ3v) is 5.08. The molecule has 27 heavy (non-hydrogen) atoms. The van der Waals surface area contributed by atoms with Crippen LogP contribution < -0.4 is 4.90 Å². The van der Waals surface area contributed by atoms with Crippen LogP contribution in [0.5, 0.6) is 0 Å². The molecule has 2 aliphatic rings. The highest BCUT2D eigenvalue weighted by molar-refractivity contribution is 5.92. The highest BCUT2D eigenvalue weighted by atomic mass is 16.3. The van der Waals surface area contributed by atoms with Crippen molar-refractivity contribution in [1.29, 1.82) is 0 Å². The first kappa shape index (κ1) is 17.7. The Kier molecular flexibility index (Phi) is 5.15. The fourth-order valence-corrected chi connectivity index (χ4v) is 3.54. The van der Waals surface area contributed by atoms with Crippen molar-refractivity contribution in [3.05, 3.63) is 48.5 Å². The molecule has 1 atom stereocenters. The first-order chi connectivity index (χ1) is 13.2. The second kappa shape index (κ2) is 7.87. The second-order valence-electron chi connectivity index (χ2n) is 6.80. The summed E-state index contributed by atoms with van der Waals surface area (Å²) >= 11 is 0. The fourth-order valence-electron chi connectivity index (χ4n) is 3.54. The molecular formula is C19H24N6O2. The van der Waals surface area contributed by atoms with Gasteiger partial charge in [0.05, 0.1) is 12.6 Å². The van der Waals surface area contributed by atoms with Gasteiger partial charge in [0.2, 0.25) is 11.8 Å². The average Bonchev–Trinajstić information content (AvgIpc) is 3.38. The molecule has 4 heterocycles. The normalized spacial score (nSPS) is 20.4. The quantitative estimate of drug-likeness (QED) is 0.741. The summed E-state index contributed by atoms with van der Waals surface area (Å²) in [4.78, 5) is 32.0. The molecule has 0 N–H and O–H groups in total. The van der Waals surface area contributed by atoms with E-state index in [-0.39, 0.29) is 11.9 Å². The van der Waals surface area contributed by atoms with E-state index in [4.69, 9.17) is 4.42 Å². The molecule has 8 heteroatoms. The van der Waals surface area contributed by atoms with Gasteiger partial charge in [0, 0.05) is 45.1 Å². The molecule has 2 aromatic heterocycles. The van der Waals surface area contributed by atoms with Crippen LogP contribution in [0.2, 0.25) is 0 Å². The molecule has 2 aromatic rings. The summed E-state index contributed by atoms with van der Waals surface area (Å²) in [6.07, 6.45) is 10.0. The van der Waals surface area contributed by atoms with Gasteiger partial charge in [-0.3, -0.25) is 9.69 Å². The van der Waals surface area contributed by atoms with Gasteiger partial charge in [0.25, 0.3) is 5.91 Å². The van der Waals surface area contributed by atoms with Crippen molar-refractivity contribution in [2.75, 3.05) is 37.6 Å². The van der Waals surface area contributed by atoms with Crippen molar-refractivity contribution < 1.29 is 9.21 Å². The van der Waals surface area contributed by atoms with Gasteiger partial charge < -0.3 is 14.2 Å². The lowest BCUT2D eigenvalue weighted by Crippen LogP contribution is -2.46. The van der Waals surface area contributed by atoms with E-state index in [0.29, 0.717) is 24.7 Å². The van der Waals surface area contributed by atoms with Gasteiger partial charge in [-0.25, -0.2) is 15.0 Å². The van der Waals surface area contributed by atoms with Gasteiger partial charge in [-0.2, -0.15) is 0 Å². The number of carbonyl (C=O) groups is 1. The average molecular weight is 368 g/mol. The van der Waals surface area contributed by atoms with Crippen LogP contribution in [-0.4, -0.2) is 69.4 Å². The summed E-state index contributed by atoms with van der Waals surface area (Å²) < 4.78 is 5.57. The number of anilines is 1. The Morgan fingerprint density at radius 3 is 2.74 bits per heavy atom. The highest BCUT2D eigenvalue weighted by Crippen LogP contribution is 2.18. The third kappa shape index (κ3) is 3.85. The standard InChI is InChI=1S/C19H24N6O2/c1-2-15-5-3-8-25(15)18(26)16-14-27-17(22-16)13-23-9-11-24(12-10-23)19-20-6-4-7-21-19/h3-7,14-15H,2,8-13H2,1H3/t15-/m0/s1. The Labute approximate surface area is 158 Å². The maximum atomic E-state index is 12.7. The molecule has 1 saturated heterocycles. The minimum atomic E-state index is -0.0621. The van der Waals surface area contributed by atoms with Crippen molar-refractivity contribution in [3.63, 3.8) is 0 Å². The van der Waals surface area contributed by atoms with Gasteiger partial charge >= 0.3 is 0 Å². The van der Waals surface area contributed by atoms with Crippen molar-refractivity contribution in [1.82, 2.24) is 24.8 Å². The van der Waals surface area contributed by atoms with Crippen molar-refractivity contribution in [3.8, 4) is 0 Å². The molecule has 0 bridgehead atoms. The summed E-state index contributed by atoms with van der Waals surface area (Å²) in [6.45, 7) is 6.78. The van der Waals surface area contributed by atoms with Gasteiger partial charge in [-0.05, 0) is 12.5 Å². The van der Waals surface area contributed by atoms with E-state index < -0.39 is 0 Å². The smallest absolute Gasteiger partial charge is 0.276 e. The number of carbonyl (C=O) groups excluding carboxylic acids is 1. The minimum absolute atomic E-state index is 0.0621. The topological polar surface area (TPSA) is 78.6 Å². The molecule has 0 saturated carbocycles. The van der Waals surface area contributed by atoms with Crippen LogP contribution in [0.3, 0.4) is 0 Å². The number of aromatic nitrogens is 3. The number of hydrogen-bond acceptors (Lipinski definition) is 7. The molecule has 1 amide bonds. The van der Waals surface area contributed by atoms with Crippen molar-refractivity contribution in [2.24, 2.45) is 0 Å². The number of rotatable bonds is 5. The van der Waals surface area contributed by atoms with Crippen LogP contribution in [0.25, 0.3) is 0 Å². The van der Waals surface area contributed by atoms with Crippen LogP contribution in [0.1, 0.15) is 29.7 Å². The summed E-state index contributed by atoms with van der Waals surface area (Å²) in [5.41, 5.74) is 0.392. The number of amides is 1. The Morgan fingerprint density at radius 2 is 2.00 bits per heavy atom. The number of nitrogens with zero attached hydrogens (tertiary/aromatic N) is 6. The molecule has 8 nitrogen and oxygen atoms in total. The molecular weight excluding hydrogens is 344 g/mol. The van der Waals surface area contributed by atoms with E-state index in [1.54, 1.807) is 12.4 Å². The summed E-state index contributed by atoms with van der Waals surface area (Å²) in [5.74, 6) is 1.29. The van der Waals surface area contributed by atoms with E-state index in [2.05, 4.69) is 37.8 Å². The molecule has 0 aromatic carbocycles. The number of piperazine rings is 1. The van der Waals surface area contributed by atoms with Crippen molar-refractivity contribution >= 4 is 11.9 Å². The summed E-state index contributed by atoms with van der Waals surface area (Å²) in [5, 5.41) is 0. The minimum Gasteiger partial charge on any atom is -0.447 e. The zero-order valence-electron chi connectivity index (χ0n) is 15.5. The second-order valence-corrected chi connectivity index (χ2v) is 6.80. The maximum Gasteiger partial charge on any atom is 0.276 e. The largest absolute Gasteiger partial charge is 0.447 e. The Morgan fingerprint density at radius 1 is 1.22 bits per heavy atom. The lowest BCUT2D eigenvalue weighted by molar-refractivity contribution is 0.0741. The highest BCUT2D eigenvalue weighted by Gasteiger charge is 2.27. The predicted molar refractivity (Wildman–Crippen MR) is 100 cm³/mol. The monoisotopic (exact) mass is 368 g/mol. The van der Waals surface area contributed by atoms with E-state index in [0.717, 1.165) is 38.5 Å². The van der Waals surface area contributed by atoms with Gasteiger partial charge in [0.1, 0.15) is 6.26 Å². The molecule has 4 rings (SSSR count). The first-order valence-corrected chi connectivity index (χ1v) is 9.41. The maximum absolute atomic E-state index is 12.7. The molecule has 0 spiro atoms. The Balaban J connectivity index is 1.32. The Bertz CT molecular complexity index is 798. The van der Waals surface area contributed by atoms with E-state index in [1.165, 1.54) is 6.26 Å². The van der Waals surface area contributed by atoms with Crippen LogP contribution in [0.15, 0.2) is 41.3 Å². The van der Waals surface area contributed by atoms with Crippen LogP contribution in [-0.2, 0) is 6.54 Å². The predicted octanol–water partition coefficient (Wildman–Crippen LogP) is 1.58. The van der Waals surface area contributed by atoms with E-state index in [9.17, 15) is 4.79 Å². The molecule has 0 aliphatic carbocycles. The van der Waals surface area contributed by atoms with E-state index in [1.807, 2.05) is 17.0 Å². The van der Waals surface area contributed by atoms with Crippen LogP contribution in [0, 0.1) is 0 Å². The van der Waals surface area contributed by atoms with Crippen molar-refractivity contribution in [2.45, 2.75) is 25.9 Å². The first-order valence-electron chi connectivity index (χ1n) is 9.41. The van der Waals surface area contributed by atoms with Crippen LogP contribution >= 0.6 is 0 Å². The zero-order chi connectivity index (χ0) is 18.6. The SMILES string of the molecule is CC[C@H]1C=CCN1C(=O)c1coc(CN2CCN(c3ncccn3)CC2)n1. The molecule has 2 aliphatic heterocycles.